The number of rotatable bonds is 4. The summed E-state index contributed by atoms with van der Waals surface area (Å²) in [6.45, 7) is 14.6. The van der Waals surface area contributed by atoms with Crippen LogP contribution in [-0.4, -0.2) is 20.7 Å². The second-order valence-corrected chi connectivity index (χ2v) is 15.3. The highest BCUT2D eigenvalue weighted by molar-refractivity contribution is 6.87. The molecular formula is C24H32O2Si. The largest absolute Gasteiger partial charge is 0.463 e. The molecule has 27 heavy (non-hydrogen) atoms. The van der Waals surface area contributed by atoms with Gasteiger partial charge in [-0.05, 0) is 47.3 Å². The molecular weight excluding hydrogens is 348 g/mol. The highest BCUT2D eigenvalue weighted by atomic mass is 28.3. The molecule has 0 saturated heterocycles. The van der Waals surface area contributed by atoms with E-state index < -0.39 is 8.07 Å². The van der Waals surface area contributed by atoms with Crippen LogP contribution in [-0.2, 0) is 9.53 Å². The number of benzene rings is 1. The van der Waals surface area contributed by atoms with Crippen molar-refractivity contribution in [1.82, 2.24) is 0 Å². The molecule has 0 radical (unpaired) electrons. The summed E-state index contributed by atoms with van der Waals surface area (Å²) >= 11 is 0. The number of esters is 1. The van der Waals surface area contributed by atoms with Gasteiger partial charge in [-0.1, -0.05) is 75.5 Å². The van der Waals surface area contributed by atoms with Gasteiger partial charge in [0.2, 0.25) is 0 Å². The first kappa shape index (κ1) is 18.7. The SMILES string of the molecule is CCOC(=O)C1=C(c2ccccc2)[C@H]2[C@@H]1[C@@H]1C=C([Si](C)(C)C(C)(C)C)[C@H]2C1. The van der Waals surface area contributed by atoms with Gasteiger partial charge in [-0.2, -0.15) is 0 Å². The zero-order valence-electron chi connectivity index (χ0n) is 17.5. The van der Waals surface area contributed by atoms with E-state index in [0.717, 1.165) is 5.57 Å². The summed E-state index contributed by atoms with van der Waals surface area (Å²) in [4.78, 5) is 12.8. The molecule has 0 amide bonds. The lowest BCUT2D eigenvalue weighted by Gasteiger charge is -2.48. The quantitative estimate of drug-likeness (QED) is 0.482. The maximum Gasteiger partial charge on any atom is 0.334 e. The summed E-state index contributed by atoms with van der Waals surface area (Å²) in [7, 11) is -1.54. The van der Waals surface area contributed by atoms with Gasteiger partial charge in [0.15, 0.2) is 0 Å². The fourth-order valence-corrected chi connectivity index (χ4v) is 8.23. The van der Waals surface area contributed by atoms with Crippen LogP contribution in [0.15, 0.2) is 47.2 Å². The number of carbonyl (C=O) groups is 1. The van der Waals surface area contributed by atoms with Crippen molar-refractivity contribution in [2.75, 3.05) is 6.61 Å². The van der Waals surface area contributed by atoms with Crippen LogP contribution in [0.3, 0.4) is 0 Å². The summed E-state index contributed by atoms with van der Waals surface area (Å²) in [5.74, 6) is 1.93. The molecule has 0 heterocycles. The molecule has 144 valence electrons. The van der Waals surface area contributed by atoms with E-state index in [1.807, 2.05) is 13.0 Å². The monoisotopic (exact) mass is 380 g/mol. The van der Waals surface area contributed by atoms with Crippen LogP contribution in [0.5, 0.6) is 0 Å². The van der Waals surface area contributed by atoms with Crippen LogP contribution >= 0.6 is 0 Å². The van der Waals surface area contributed by atoms with Crippen LogP contribution in [0.4, 0.5) is 0 Å². The zero-order valence-corrected chi connectivity index (χ0v) is 18.5. The van der Waals surface area contributed by atoms with Gasteiger partial charge in [-0.25, -0.2) is 4.79 Å². The number of ether oxygens (including phenoxy) is 1. The van der Waals surface area contributed by atoms with Gasteiger partial charge in [0, 0.05) is 11.5 Å². The molecule has 4 rings (SSSR count). The first-order chi connectivity index (χ1) is 12.7. The van der Waals surface area contributed by atoms with Gasteiger partial charge < -0.3 is 4.74 Å². The first-order valence-corrected chi connectivity index (χ1v) is 13.4. The van der Waals surface area contributed by atoms with Gasteiger partial charge >= 0.3 is 5.97 Å². The highest BCUT2D eigenvalue weighted by Gasteiger charge is 2.61. The number of carbonyl (C=O) groups excluding carboxylic acids is 1. The van der Waals surface area contributed by atoms with Crippen molar-refractivity contribution in [2.24, 2.45) is 23.7 Å². The third-order valence-corrected chi connectivity index (χ3v) is 13.5. The Bertz CT molecular complexity index is 826. The van der Waals surface area contributed by atoms with E-state index in [1.165, 1.54) is 17.6 Å². The van der Waals surface area contributed by atoms with Crippen LogP contribution in [0.2, 0.25) is 18.1 Å². The van der Waals surface area contributed by atoms with Gasteiger partial charge in [-0.3, -0.25) is 0 Å². The minimum Gasteiger partial charge on any atom is -0.463 e. The second kappa shape index (κ2) is 6.20. The van der Waals surface area contributed by atoms with E-state index in [0.29, 0.717) is 35.3 Å². The molecule has 3 heteroatoms. The number of hydrogen-bond acceptors (Lipinski definition) is 2. The normalized spacial score (nSPS) is 29.3. The van der Waals surface area contributed by atoms with Gasteiger partial charge in [-0.15, -0.1) is 0 Å². The van der Waals surface area contributed by atoms with Gasteiger partial charge in [0.05, 0.1) is 14.7 Å². The number of allylic oxidation sites excluding steroid dienone is 3. The lowest BCUT2D eigenvalue weighted by molar-refractivity contribution is -0.139. The van der Waals surface area contributed by atoms with E-state index in [1.54, 1.807) is 5.20 Å². The van der Waals surface area contributed by atoms with Crippen molar-refractivity contribution in [3.63, 3.8) is 0 Å². The van der Waals surface area contributed by atoms with E-state index in [-0.39, 0.29) is 5.97 Å². The van der Waals surface area contributed by atoms with E-state index in [9.17, 15) is 4.79 Å². The predicted octanol–water partition coefficient (Wildman–Crippen LogP) is 5.87. The Hall–Kier alpha value is -1.61. The predicted molar refractivity (Wildman–Crippen MR) is 114 cm³/mol. The van der Waals surface area contributed by atoms with E-state index in [2.05, 4.69) is 64.2 Å². The molecule has 4 atom stereocenters. The van der Waals surface area contributed by atoms with Crippen LogP contribution in [0.25, 0.3) is 5.57 Å². The van der Waals surface area contributed by atoms with Crippen LogP contribution in [0, 0.1) is 23.7 Å². The average Bonchev–Trinajstić information content (AvgIpc) is 3.10. The Labute approximate surface area is 164 Å². The average molecular weight is 381 g/mol. The second-order valence-electron chi connectivity index (χ2n) is 9.97. The van der Waals surface area contributed by atoms with Crippen molar-refractivity contribution in [3.8, 4) is 0 Å². The van der Waals surface area contributed by atoms with Crippen LogP contribution in [0.1, 0.15) is 39.7 Å². The summed E-state index contributed by atoms with van der Waals surface area (Å²) in [6, 6.07) is 10.5. The molecule has 1 aromatic carbocycles. The molecule has 0 spiro atoms. The summed E-state index contributed by atoms with van der Waals surface area (Å²) in [6.07, 6.45) is 3.79. The molecule has 2 bridgehead atoms. The Balaban J connectivity index is 1.76. The Morgan fingerprint density at radius 1 is 1.15 bits per heavy atom. The molecule has 0 unspecified atom stereocenters. The van der Waals surface area contributed by atoms with E-state index >= 15 is 0 Å². The van der Waals surface area contributed by atoms with Gasteiger partial charge in [0.1, 0.15) is 0 Å². The van der Waals surface area contributed by atoms with Crippen molar-refractivity contribution >= 4 is 19.6 Å². The Morgan fingerprint density at radius 2 is 1.81 bits per heavy atom. The lowest BCUT2D eigenvalue weighted by atomic mass is 9.61. The maximum absolute atomic E-state index is 12.8. The Kier molecular flexibility index (Phi) is 4.30. The fraction of sp³-hybridized carbons (Fsp3) is 0.542. The van der Waals surface area contributed by atoms with Crippen molar-refractivity contribution in [3.05, 3.63) is 52.7 Å². The van der Waals surface area contributed by atoms with Crippen molar-refractivity contribution < 1.29 is 9.53 Å². The summed E-state index contributed by atoms with van der Waals surface area (Å²) in [5.41, 5.74) is 3.45. The lowest BCUT2D eigenvalue weighted by Crippen LogP contribution is -2.46. The molecule has 1 aromatic rings. The fourth-order valence-electron chi connectivity index (χ4n) is 5.51. The van der Waals surface area contributed by atoms with E-state index in [4.69, 9.17) is 4.74 Å². The topological polar surface area (TPSA) is 26.3 Å². The summed E-state index contributed by atoms with van der Waals surface area (Å²) < 4.78 is 5.45. The minimum atomic E-state index is -1.54. The highest BCUT2D eigenvalue weighted by Crippen LogP contribution is 2.67. The first-order valence-electron chi connectivity index (χ1n) is 10.4. The minimum absolute atomic E-state index is 0.0903. The molecule has 0 aliphatic heterocycles. The zero-order chi connectivity index (χ0) is 19.6. The van der Waals surface area contributed by atoms with Gasteiger partial charge in [0.25, 0.3) is 0 Å². The molecule has 1 fully saturated rings. The molecule has 0 aromatic heterocycles. The maximum atomic E-state index is 12.8. The molecule has 3 aliphatic carbocycles. The molecule has 0 N–H and O–H groups in total. The number of fused-ring (bicyclic) bond motifs is 5. The standard InChI is InChI=1S/C24H32O2Si/c1-7-26-23(25)22-19(15-11-9-8-10-12-15)21-17-13-16(20(21)22)14-18(17)27(5,6)24(2,3)4/h8-12,14,16-17,20-21H,7,13H2,1-6H3/t16-,17+,20-,21-/m0/s1. The third-order valence-electron chi connectivity index (χ3n) is 7.73. The third kappa shape index (κ3) is 2.61. The summed E-state index contributed by atoms with van der Waals surface area (Å²) in [5, 5.41) is 2.10. The smallest absolute Gasteiger partial charge is 0.334 e. The Morgan fingerprint density at radius 3 is 2.41 bits per heavy atom. The van der Waals surface area contributed by atoms with Crippen LogP contribution < -0.4 is 0 Å². The molecule has 1 saturated carbocycles. The van der Waals surface area contributed by atoms with Crippen molar-refractivity contribution in [1.29, 1.82) is 0 Å². The van der Waals surface area contributed by atoms with Crippen molar-refractivity contribution in [2.45, 2.75) is 52.2 Å². The molecule has 2 nitrogen and oxygen atoms in total. The number of hydrogen-bond donors (Lipinski definition) is 0. The molecule has 3 aliphatic rings.